The maximum absolute atomic E-state index is 15.1. The van der Waals surface area contributed by atoms with E-state index in [2.05, 4.69) is 5.32 Å². The van der Waals surface area contributed by atoms with Gasteiger partial charge in [0.2, 0.25) is 0 Å². The summed E-state index contributed by atoms with van der Waals surface area (Å²) in [7, 11) is -3.73. The zero-order chi connectivity index (χ0) is 24.2. The summed E-state index contributed by atoms with van der Waals surface area (Å²) in [6.45, 7) is 3.37. The molecule has 2 aromatic rings. The van der Waals surface area contributed by atoms with E-state index in [1.807, 2.05) is 0 Å². The third-order valence-electron chi connectivity index (χ3n) is 7.02. The Labute approximate surface area is 191 Å². The Morgan fingerprint density at radius 2 is 1.79 bits per heavy atom. The lowest BCUT2D eigenvalue weighted by molar-refractivity contribution is -0.162. The lowest BCUT2D eigenvalue weighted by Crippen LogP contribution is -2.57. The van der Waals surface area contributed by atoms with E-state index in [1.165, 1.54) is 6.92 Å². The van der Waals surface area contributed by atoms with Gasteiger partial charge in [-0.2, -0.15) is 0 Å². The standard InChI is InChI=1S/C24H27F2NO5S/c1-14-20(33(31,32)21(11-27-14)15-6-4-3-5-7-15)9-16-8-19(26)17(10-18(16)25)24(22(28)29)12-23(2,30)13-24/h3-8,10,14,20-21,27,30H,9,11-13H2,1-2H3,(H,28,29)/t14-,20?,21-,23?,24?/m0/s1. The van der Waals surface area contributed by atoms with Gasteiger partial charge in [0.15, 0.2) is 9.84 Å². The first-order valence-electron chi connectivity index (χ1n) is 10.8. The molecule has 0 bridgehead atoms. The first kappa shape index (κ1) is 23.8. The van der Waals surface area contributed by atoms with Crippen molar-refractivity contribution in [1.29, 1.82) is 0 Å². The molecule has 3 atom stereocenters. The van der Waals surface area contributed by atoms with Gasteiger partial charge in [-0.25, -0.2) is 17.2 Å². The van der Waals surface area contributed by atoms with E-state index in [0.717, 1.165) is 12.1 Å². The molecule has 4 rings (SSSR count). The van der Waals surface area contributed by atoms with Crippen molar-refractivity contribution in [2.24, 2.45) is 0 Å². The largest absolute Gasteiger partial charge is 0.481 e. The molecular weight excluding hydrogens is 452 g/mol. The number of aliphatic hydroxyl groups is 1. The number of carboxylic acids is 1. The molecule has 1 heterocycles. The van der Waals surface area contributed by atoms with Crippen LogP contribution in [0.15, 0.2) is 42.5 Å². The summed E-state index contributed by atoms with van der Waals surface area (Å²) in [5.41, 5.74) is -2.81. The topological polar surface area (TPSA) is 104 Å². The molecule has 1 aliphatic carbocycles. The Kier molecular flexibility index (Phi) is 5.87. The van der Waals surface area contributed by atoms with E-state index in [9.17, 15) is 23.4 Å². The van der Waals surface area contributed by atoms with Crippen LogP contribution in [0.2, 0.25) is 0 Å². The van der Waals surface area contributed by atoms with Gasteiger partial charge < -0.3 is 15.5 Å². The number of carbonyl (C=O) groups is 1. The fourth-order valence-corrected chi connectivity index (χ4v) is 7.70. The molecule has 1 aliphatic heterocycles. The van der Waals surface area contributed by atoms with Gasteiger partial charge in [0.05, 0.1) is 16.1 Å². The number of carboxylic acid groups (broad SMARTS) is 1. The van der Waals surface area contributed by atoms with Crippen LogP contribution in [0.4, 0.5) is 8.78 Å². The number of hydrogen-bond acceptors (Lipinski definition) is 5. The number of benzene rings is 2. The normalized spacial score (nSPS) is 33.3. The second-order valence-electron chi connectivity index (χ2n) is 9.59. The Morgan fingerprint density at radius 1 is 1.15 bits per heavy atom. The summed E-state index contributed by atoms with van der Waals surface area (Å²) in [6.07, 6.45) is -0.718. The number of hydrogen-bond donors (Lipinski definition) is 3. The minimum Gasteiger partial charge on any atom is -0.481 e. The Bertz CT molecular complexity index is 1170. The Morgan fingerprint density at radius 3 is 2.36 bits per heavy atom. The van der Waals surface area contributed by atoms with Crippen LogP contribution in [0, 0.1) is 11.6 Å². The molecule has 0 aromatic heterocycles. The van der Waals surface area contributed by atoms with Crippen molar-refractivity contribution < 1.29 is 32.2 Å². The maximum atomic E-state index is 15.1. The lowest BCUT2D eigenvalue weighted by atomic mass is 9.56. The molecule has 0 spiro atoms. The van der Waals surface area contributed by atoms with E-state index in [1.54, 1.807) is 37.3 Å². The first-order valence-corrected chi connectivity index (χ1v) is 12.4. The highest BCUT2D eigenvalue weighted by molar-refractivity contribution is 7.92. The summed E-state index contributed by atoms with van der Waals surface area (Å²) < 4.78 is 57.0. The van der Waals surface area contributed by atoms with Gasteiger partial charge in [0, 0.05) is 18.2 Å². The molecule has 1 saturated carbocycles. The molecule has 1 saturated heterocycles. The molecular formula is C24H27F2NO5S. The van der Waals surface area contributed by atoms with Gasteiger partial charge in [-0.15, -0.1) is 0 Å². The molecule has 2 aromatic carbocycles. The highest BCUT2D eigenvalue weighted by Gasteiger charge is 2.58. The maximum Gasteiger partial charge on any atom is 0.314 e. The smallest absolute Gasteiger partial charge is 0.314 e. The van der Waals surface area contributed by atoms with E-state index in [-0.39, 0.29) is 36.9 Å². The zero-order valence-corrected chi connectivity index (χ0v) is 19.2. The molecule has 2 fully saturated rings. The second-order valence-corrected chi connectivity index (χ2v) is 11.9. The molecule has 0 amide bonds. The minimum atomic E-state index is -3.73. The van der Waals surface area contributed by atoms with Crippen LogP contribution in [0.3, 0.4) is 0 Å². The third-order valence-corrected chi connectivity index (χ3v) is 9.67. The fourth-order valence-electron chi connectivity index (χ4n) is 5.34. The van der Waals surface area contributed by atoms with Gasteiger partial charge in [-0.1, -0.05) is 30.3 Å². The molecule has 3 N–H and O–H groups in total. The summed E-state index contributed by atoms with van der Waals surface area (Å²) in [4.78, 5) is 11.9. The number of nitrogens with one attached hydrogen (secondary N) is 1. The average molecular weight is 480 g/mol. The molecule has 2 aliphatic rings. The van der Waals surface area contributed by atoms with Crippen LogP contribution in [0.25, 0.3) is 0 Å². The summed E-state index contributed by atoms with van der Waals surface area (Å²) in [5, 5.41) is 21.1. The molecule has 0 radical (unpaired) electrons. The molecule has 1 unspecified atom stereocenters. The summed E-state index contributed by atoms with van der Waals surface area (Å²) >= 11 is 0. The second kappa shape index (κ2) is 8.14. The van der Waals surface area contributed by atoms with Crippen molar-refractivity contribution in [3.8, 4) is 0 Å². The molecule has 178 valence electrons. The van der Waals surface area contributed by atoms with Crippen molar-refractivity contribution >= 4 is 15.8 Å². The predicted molar refractivity (Wildman–Crippen MR) is 119 cm³/mol. The average Bonchev–Trinajstić information content (AvgIpc) is 2.71. The molecule has 9 heteroatoms. The fraction of sp³-hybridized carbons (Fsp3) is 0.458. The van der Waals surface area contributed by atoms with Gasteiger partial charge in [0.1, 0.15) is 17.0 Å². The van der Waals surface area contributed by atoms with Crippen molar-refractivity contribution in [2.45, 2.75) is 60.7 Å². The van der Waals surface area contributed by atoms with Crippen LogP contribution < -0.4 is 5.32 Å². The number of rotatable bonds is 5. The van der Waals surface area contributed by atoms with Crippen LogP contribution >= 0.6 is 0 Å². The molecule has 33 heavy (non-hydrogen) atoms. The van der Waals surface area contributed by atoms with E-state index < -0.39 is 55.0 Å². The van der Waals surface area contributed by atoms with Crippen molar-refractivity contribution in [2.75, 3.05) is 6.54 Å². The summed E-state index contributed by atoms with van der Waals surface area (Å²) in [5.74, 6) is -3.11. The van der Waals surface area contributed by atoms with E-state index >= 15 is 8.78 Å². The number of halogens is 2. The minimum absolute atomic E-state index is 0.126. The Hall–Kier alpha value is -2.36. The highest BCUT2D eigenvalue weighted by Crippen LogP contribution is 2.51. The van der Waals surface area contributed by atoms with Crippen LogP contribution in [-0.2, 0) is 26.5 Å². The predicted octanol–water partition coefficient (Wildman–Crippen LogP) is 2.89. The van der Waals surface area contributed by atoms with Crippen LogP contribution in [0.5, 0.6) is 0 Å². The van der Waals surface area contributed by atoms with Crippen LogP contribution in [-0.4, -0.2) is 48.0 Å². The molecule has 6 nitrogen and oxygen atoms in total. The first-order chi connectivity index (χ1) is 15.4. The quantitative estimate of drug-likeness (QED) is 0.609. The van der Waals surface area contributed by atoms with Crippen LogP contribution in [0.1, 0.15) is 48.6 Å². The van der Waals surface area contributed by atoms with Gasteiger partial charge >= 0.3 is 5.97 Å². The summed E-state index contributed by atoms with van der Waals surface area (Å²) in [6, 6.07) is 10.0. The van der Waals surface area contributed by atoms with Crippen molar-refractivity contribution in [3.05, 3.63) is 70.8 Å². The zero-order valence-electron chi connectivity index (χ0n) is 18.4. The Balaban J connectivity index is 1.66. The van der Waals surface area contributed by atoms with E-state index in [0.29, 0.717) is 5.56 Å². The monoisotopic (exact) mass is 479 g/mol. The number of aliphatic carboxylic acids is 1. The SMILES string of the molecule is C[C@@H]1NC[C@@H](c2ccccc2)S(=O)(=O)C1Cc1cc(F)c(C2(C(=O)O)CC(C)(O)C2)cc1F. The highest BCUT2D eigenvalue weighted by atomic mass is 32.2. The van der Waals surface area contributed by atoms with Gasteiger partial charge in [0.25, 0.3) is 0 Å². The van der Waals surface area contributed by atoms with Crippen molar-refractivity contribution in [1.82, 2.24) is 5.32 Å². The third kappa shape index (κ3) is 4.06. The van der Waals surface area contributed by atoms with E-state index in [4.69, 9.17) is 0 Å². The van der Waals surface area contributed by atoms with Crippen molar-refractivity contribution in [3.63, 3.8) is 0 Å². The van der Waals surface area contributed by atoms with Gasteiger partial charge in [-0.3, -0.25) is 4.79 Å². The lowest BCUT2D eigenvalue weighted by Gasteiger charge is -2.49. The number of sulfone groups is 1. The van der Waals surface area contributed by atoms with Gasteiger partial charge in [-0.05, 0) is 56.4 Å².